The van der Waals surface area contributed by atoms with Crippen LogP contribution < -0.4 is 10.5 Å². The summed E-state index contributed by atoms with van der Waals surface area (Å²) < 4.78 is 5.22. The number of ether oxygens (including phenoxy) is 1. The van der Waals surface area contributed by atoms with Gasteiger partial charge < -0.3 is 10.5 Å². The number of carbonyl (C=O) groups excluding carboxylic acids is 1. The van der Waals surface area contributed by atoms with Gasteiger partial charge in [-0.25, -0.2) is 4.98 Å². The fourth-order valence-electron chi connectivity index (χ4n) is 2.84. The maximum absolute atomic E-state index is 12.8. The fourth-order valence-corrected chi connectivity index (χ4v) is 2.84. The van der Waals surface area contributed by atoms with E-state index >= 15 is 0 Å². The molecule has 3 aromatic rings. The summed E-state index contributed by atoms with van der Waals surface area (Å²) in [6.07, 6.45) is 0. The Bertz CT molecular complexity index is 939. The number of Topliss-reactive ketones (excluding diaryl/α,β-unsaturated/α-hetero) is 1. The highest BCUT2D eigenvalue weighted by Gasteiger charge is 2.25. The third-order valence-electron chi connectivity index (χ3n) is 4.21. The maximum Gasteiger partial charge on any atom is 0.170 e. The minimum absolute atomic E-state index is 0.0527. The number of nitrogen functional groups attached to an aromatic ring is 1. The van der Waals surface area contributed by atoms with Crippen LogP contribution in [0.2, 0.25) is 0 Å². The predicted molar refractivity (Wildman–Crippen MR) is 102 cm³/mol. The molecule has 0 saturated carbocycles. The Balaban J connectivity index is 2.24. The van der Waals surface area contributed by atoms with Crippen LogP contribution in [0.1, 0.15) is 31.1 Å². The molecule has 4 heteroatoms. The lowest BCUT2D eigenvalue weighted by molar-refractivity contribution is 0.0860. The summed E-state index contributed by atoms with van der Waals surface area (Å²) in [6.45, 7) is 5.72. The van der Waals surface area contributed by atoms with Gasteiger partial charge in [0.1, 0.15) is 11.6 Å². The summed E-state index contributed by atoms with van der Waals surface area (Å²) in [5, 5.41) is 0.912. The summed E-state index contributed by atoms with van der Waals surface area (Å²) in [5.74, 6) is 1.26. The highest BCUT2D eigenvalue weighted by Crippen LogP contribution is 2.34. The van der Waals surface area contributed by atoms with E-state index in [2.05, 4.69) is 4.98 Å². The van der Waals surface area contributed by atoms with Crippen molar-refractivity contribution in [2.75, 3.05) is 12.8 Å². The molecule has 0 bridgehead atoms. The van der Waals surface area contributed by atoms with Crippen molar-refractivity contribution >= 4 is 22.5 Å². The number of hydrogen-bond donors (Lipinski definition) is 1. The van der Waals surface area contributed by atoms with Gasteiger partial charge in [-0.05, 0) is 41.5 Å². The van der Waals surface area contributed by atoms with Crippen LogP contribution >= 0.6 is 0 Å². The zero-order valence-electron chi connectivity index (χ0n) is 15.0. The smallest absolute Gasteiger partial charge is 0.170 e. The van der Waals surface area contributed by atoms with Crippen molar-refractivity contribution in [3.63, 3.8) is 0 Å². The van der Waals surface area contributed by atoms with E-state index in [0.717, 1.165) is 22.3 Å². The molecular weight excluding hydrogens is 312 g/mol. The van der Waals surface area contributed by atoms with Crippen molar-refractivity contribution in [2.45, 2.75) is 20.8 Å². The topological polar surface area (TPSA) is 65.2 Å². The Morgan fingerprint density at radius 3 is 2.28 bits per heavy atom. The van der Waals surface area contributed by atoms with Gasteiger partial charge in [0.05, 0.1) is 12.6 Å². The first-order chi connectivity index (χ1) is 11.8. The average molecular weight is 334 g/mol. The number of benzene rings is 2. The molecule has 128 valence electrons. The van der Waals surface area contributed by atoms with Crippen molar-refractivity contribution in [1.29, 1.82) is 0 Å². The van der Waals surface area contributed by atoms with Crippen LogP contribution in [0.25, 0.3) is 22.0 Å². The number of anilines is 1. The van der Waals surface area contributed by atoms with Crippen LogP contribution in [0.5, 0.6) is 5.75 Å². The molecule has 0 atom stereocenters. The van der Waals surface area contributed by atoms with Gasteiger partial charge in [0, 0.05) is 16.4 Å². The van der Waals surface area contributed by atoms with Gasteiger partial charge in [0.25, 0.3) is 0 Å². The molecular formula is C21H22N2O2. The SMILES string of the molecule is COc1ccc(-c2ccc(C(=O)C(C)(C)C)c3nc(N)ccc23)cc1. The molecule has 2 N–H and O–H groups in total. The van der Waals surface area contributed by atoms with Crippen LogP contribution in [0.3, 0.4) is 0 Å². The first kappa shape index (κ1) is 17.0. The number of hydrogen-bond acceptors (Lipinski definition) is 4. The van der Waals surface area contributed by atoms with Crippen LogP contribution in [0, 0.1) is 5.41 Å². The van der Waals surface area contributed by atoms with E-state index in [9.17, 15) is 4.79 Å². The number of nitrogens with zero attached hydrogens (tertiary/aromatic N) is 1. The molecule has 0 spiro atoms. The van der Waals surface area contributed by atoms with Gasteiger partial charge >= 0.3 is 0 Å². The minimum Gasteiger partial charge on any atom is -0.497 e. The third-order valence-corrected chi connectivity index (χ3v) is 4.21. The number of fused-ring (bicyclic) bond motifs is 1. The molecule has 25 heavy (non-hydrogen) atoms. The van der Waals surface area contributed by atoms with Crippen molar-refractivity contribution < 1.29 is 9.53 Å². The number of ketones is 1. The van der Waals surface area contributed by atoms with Crippen LogP contribution in [0.4, 0.5) is 5.82 Å². The molecule has 0 aliphatic carbocycles. The second-order valence-corrected chi connectivity index (χ2v) is 7.10. The molecule has 0 fully saturated rings. The Hall–Kier alpha value is -2.88. The first-order valence-electron chi connectivity index (χ1n) is 8.20. The number of methoxy groups -OCH3 is 1. The largest absolute Gasteiger partial charge is 0.497 e. The lowest BCUT2D eigenvalue weighted by Gasteiger charge is -2.19. The Morgan fingerprint density at radius 2 is 1.68 bits per heavy atom. The number of carbonyl (C=O) groups is 1. The minimum atomic E-state index is -0.485. The molecule has 0 unspecified atom stereocenters. The Kier molecular flexibility index (Phi) is 4.21. The second-order valence-electron chi connectivity index (χ2n) is 7.10. The first-order valence-corrected chi connectivity index (χ1v) is 8.20. The maximum atomic E-state index is 12.8. The molecule has 2 aromatic carbocycles. The zero-order valence-corrected chi connectivity index (χ0v) is 15.0. The molecule has 0 aliphatic heterocycles. The summed E-state index contributed by atoms with van der Waals surface area (Å²) in [5.41, 5.74) is 8.70. The summed E-state index contributed by atoms with van der Waals surface area (Å²) >= 11 is 0. The molecule has 4 nitrogen and oxygen atoms in total. The number of nitrogens with two attached hydrogens (primary N) is 1. The quantitative estimate of drug-likeness (QED) is 0.704. The van der Waals surface area contributed by atoms with E-state index in [4.69, 9.17) is 10.5 Å². The number of rotatable bonds is 3. The molecule has 0 radical (unpaired) electrons. The van der Waals surface area contributed by atoms with Crippen molar-refractivity contribution in [1.82, 2.24) is 4.98 Å². The van der Waals surface area contributed by atoms with Crippen LogP contribution in [0.15, 0.2) is 48.5 Å². The highest BCUT2D eigenvalue weighted by molar-refractivity contribution is 6.12. The van der Waals surface area contributed by atoms with E-state index in [1.807, 2.05) is 63.2 Å². The molecule has 1 aromatic heterocycles. The zero-order chi connectivity index (χ0) is 18.2. The van der Waals surface area contributed by atoms with E-state index < -0.39 is 5.41 Å². The van der Waals surface area contributed by atoms with Crippen molar-refractivity contribution in [3.8, 4) is 16.9 Å². The van der Waals surface area contributed by atoms with Gasteiger partial charge in [-0.15, -0.1) is 0 Å². The molecule has 1 heterocycles. The normalized spacial score (nSPS) is 11.5. The van der Waals surface area contributed by atoms with Gasteiger partial charge in [-0.3, -0.25) is 4.79 Å². The molecule has 0 amide bonds. The average Bonchev–Trinajstić information content (AvgIpc) is 2.59. The van der Waals surface area contributed by atoms with E-state index in [1.54, 1.807) is 13.2 Å². The Morgan fingerprint density at radius 1 is 1.00 bits per heavy atom. The molecule has 3 rings (SSSR count). The third kappa shape index (κ3) is 3.20. The van der Waals surface area contributed by atoms with E-state index in [-0.39, 0.29) is 5.78 Å². The van der Waals surface area contributed by atoms with Crippen LogP contribution in [-0.2, 0) is 0 Å². The molecule has 0 saturated heterocycles. The standard InChI is InChI=1S/C21H22N2O2/c1-21(2,3)20(24)17-10-9-15(13-5-7-14(25-4)8-6-13)16-11-12-18(22)23-19(16)17/h5-12H,1-4H3,(H2,22,23). The Labute approximate surface area is 147 Å². The van der Waals surface area contributed by atoms with Gasteiger partial charge in [-0.1, -0.05) is 39.0 Å². The number of aromatic nitrogens is 1. The second kappa shape index (κ2) is 6.20. The van der Waals surface area contributed by atoms with E-state index in [0.29, 0.717) is 16.9 Å². The van der Waals surface area contributed by atoms with Gasteiger partial charge in [0.15, 0.2) is 5.78 Å². The van der Waals surface area contributed by atoms with Crippen molar-refractivity contribution in [2.24, 2.45) is 5.41 Å². The lowest BCUT2D eigenvalue weighted by atomic mass is 9.84. The monoisotopic (exact) mass is 334 g/mol. The summed E-state index contributed by atoms with van der Waals surface area (Å²) in [4.78, 5) is 17.3. The predicted octanol–water partition coefficient (Wildman–Crippen LogP) is 4.72. The molecule has 0 aliphatic rings. The summed E-state index contributed by atoms with van der Waals surface area (Å²) in [7, 11) is 1.64. The van der Waals surface area contributed by atoms with Gasteiger partial charge in [-0.2, -0.15) is 0 Å². The highest BCUT2D eigenvalue weighted by atomic mass is 16.5. The van der Waals surface area contributed by atoms with E-state index in [1.165, 1.54) is 0 Å². The fraction of sp³-hybridized carbons (Fsp3) is 0.238. The van der Waals surface area contributed by atoms with Gasteiger partial charge in [0.2, 0.25) is 0 Å². The summed E-state index contributed by atoms with van der Waals surface area (Å²) in [6, 6.07) is 15.3. The van der Waals surface area contributed by atoms with Crippen LogP contribution in [-0.4, -0.2) is 17.9 Å². The lowest BCUT2D eigenvalue weighted by Crippen LogP contribution is -2.20. The number of pyridine rings is 1. The van der Waals surface area contributed by atoms with Crippen molar-refractivity contribution in [3.05, 3.63) is 54.1 Å².